The number of ether oxygens (including phenoxy) is 1. The quantitative estimate of drug-likeness (QED) is 0.225. The van der Waals surface area contributed by atoms with E-state index in [1.54, 1.807) is 12.1 Å². The standard InChI is InChI=1S/C29H25BrCl2N2O6/c1-40-16-7-10-21(35)19(11-16)23-17-8-9-18-22(25(37)33(24(18)36)13-15-5-3-2-4-6-15)20(17)12-28(31)26(38)34(14-30)27(39)29(23,28)32/h2-8,10-11,18,20,22-23,35H,9,12-14H2,1H3. The van der Waals surface area contributed by atoms with Crippen molar-refractivity contribution in [1.82, 2.24) is 9.80 Å². The van der Waals surface area contributed by atoms with Gasteiger partial charge in [-0.2, -0.15) is 0 Å². The number of methoxy groups -OCH3 is 1. The Morgan fingerprint density at radius 2 is 1.73 bits per heavy atom. The van der Waals surface area contributed by atoms with Gasteiger partial charge >= 0.3 is 0 Å². The molecule has 3 fully saturated rings. The fourth-order valence-electron chi connectivity index (χ4n) is 6.98. The number of halogens is 3. The maximum atomic E-state index is 13.9. The second kappa shape index (κ2) is 9.60. The molecule has 208 valence electrons. The molecule has 0 aromatic heterocycles. The summed E-state index contributed by atoms with van der Waals surface area (Å²) in [6.07, 6.45) is 1.97. The number of aromatic hydroxyl groups is 1. The number of nitrogens with zero attached hydrogens (tertiary/aromatic N) is 2. The van der Waals surface area contributed by atoms with Gasteiger partial charge in [0.2, 0.25) is 11.8 Å². The SMILES string of the molecule is COc1ccc(O)c(C2C3=CCC4C(=O)N(Cc5ccccc5)C(=O)C4C3CC3(Cl)C(=O)N(CBr)C(=O)C23Cl)c1. The Morgan fingerprint density at radius 3 is 2.40 bits per heavy atom. The lowest BCUT2D eigenvalue weighted by molar-refractivity contribution is -0.141. The van der Waals surface area contributed by atoms with E-state index in [2.05, 4.69) is 15.9 Å². The number of phenolic OH excluding ortho intramolecular Hbond substituents is 1. The number of fused-ring (bicyclic) bond motifs is 4. The number of hydrogen-bond acceptors (Lipinski definition) is 6. The third kappa shape index (κ3) is 3.56. The second-order valence-electron chi connectivity index (χ2n) is 10.7. The number of imide groups is 2. The van der Waals surface area contributed by atoms with E-state index in [1.807, 2.05) is 36.4 Å². The molecule has 4 aliphatic rings. The molecule has 6 unspecified atom stereocenters. The van der Waals surface area contributed by atoms with E-state index < -0.39 is 45.2 Å². The van der Waals surface area contributed by atoms with Crippen LogP contribution in [-0.2, 0) is 25.7 Å². The van der Waals surface area contributed by atoms with Gasteiger partial charge < -0.3 is 9.84 Å². The molecule has 0 radical (unpaired) electrons. The van der Waals surface area contributed by atoms with Gasteiger partial charge in [-0.1, -0.05) is 57.9 Å². The lowest BCUT2D eigenvalue weighted by Gasteiger charge is -2.50. The first-order valence-corrected chi connectivity index (χ1v) is 14.7. The Balaban J connectivity index is 1.50. The fraction of sp³-hybridized carbons (Fsp3) is 0.379. The normalized spacial score (nSPS) is 33.0. The fourth-order valence-corrected chi connectivity index (χ4v) is 8.39. The zero-order valence-corrected chi connectivity index (χ0v) is 24.4. The second-order valence-corrected chi connectivity index (χ2v) is 12.4. The molecule has 2 heterocycles. The highest BCUT2D eigenvalue weighted by molar-refractivity contribution is 9.09. The van der Waals surface area contributed by atoms with Crippen molar-refractivity contribution in [3.63, 3.8) is 0 Å². The average Bonchev–Trinajstić information content (AvgIpc) is 3.27. The topological polar surface area (TPSA) is 104 Å². The van der Waals surface area contributed by atoms with Gasteiger partial charge in [0.25, 0.3) is 11.8 Å². The molecule has 11 heteroatoms. The molecule has 2 aliphatic heterocycles. The third-order valence-electron chi connectivity index (χ3n) is 8.84. The van der Waals surface area contributed by atoms with Crippen molar-refractivity contribution in [1.29, 1.82) is 0 Å². The molecule has 8 nitrogen and oxygen atoms in total. The van der Waals surface area contributed by atoms with Gasteiger partial charge in [0.05, 0.1) is 30.9 Å². The lowest BCUT2D eigenvalue weighted by Crippen LogP contribution is -2.60. The summed E-state index contributed by atoms with van der Waals surface area (Å²) in [6.45, 7) is 0.133. The van der Waals surface area contributed by atoms with Crippen LogP contribution >= 0.6 is 39.1 Å². The Morgan fingerprint density at radius 1 is 1.00 bits per heavy atom. The van der Waals surface area contributed by atoms with Crippen LogP contribution in [-0.4, -0.2) is 60.8 Å². The van der Waals surface area contributed by atoms with Crippen LogP contribution in [0.5, 0.6) is 11.5 Å². The number of alkyl halides is 3. The molecule has 6 rings (SSSR count). The number of allylic oxidation sites excluding steroid dienone is 2. The van der Waals surface area contributed by atoms with Gasteiger partial charge in [-0.05, 0) is 42.5 Å². The van der Waals surface area contributed by atoms with Crippen molar-refractivity contribution in [2.24, 2.45) is 17.8 Å². The van der Waals surface area contributed by atoms with E-state index in [-0.39, 0.29) is 48.0 Å². The summed E-state index contributed by atoms with van der Waals surface area (Å²) in [7, 11) is 1.47. The van der Waals surface area contributed by atoms with Crippen LogP contribution < -0.4 is 4.74 Å². The number of amides is 4. The Labute approximate surface area is 249 Å². The molecular weight excluding hydrogens is 623 g/mol. The zero-order chi connectivity index (χ0) is 28.6. The highest BCUT2D eigenvalue weighted by Crippen LogP contribution is 2.66. The van der Waals surface area contributed by atoms with Crippen molar-refractivity contribution in [2.45, 2.75) is 35.1 Å². The zero-order valence-electron chi connectivity index (χ0n) is 21.4. The highest BCUT2D eigenvalue weighted by Gasteiger charge is 2.76. The summed E-state index contributed by atoms with van der Waals surface area (Å²) < 4.78 is 5.39. The average molecular weight is 648 g/mol. The molecule has 6 atom stereocenters. The van der Waals surface area contributed by atoms with Crippen molar-refractivity contribution >= 4 is 62.8 Å². The van der Waals surface area contributed by atoms with Crippen molar-refractivity contribution < 1.29 is 29.0 Å². The van der Waals surface area contributed by atoms with Gasteiger partial charge in [0.15, 0.2) is 9.75 Å². The van der Waals surface area contributed by atoms with E-state index >= 15 is 0 Å². The Kier molecular flexibility index (Phi) is 6.55. The van der Waals surface area contributed by atoms with Crippen LogP contribution in [0.25, 0.3) is 0 Å². The minimum Gasteiger partial charge on any atom is -0.508 e. The monoisotopic (exact) mass is 646 g/mol. The van der Waals surface area contributed by atoms with Crippen LogP contribution in [0, 0.1) is 17.8 Å². The number of likely N-dealkylation sites (tertiary alicyclic amines) is 2. The smallest absolute Gasteiger partial charge is 0.254 e. The molecule has 1 saturated carbocycles. The number of carbonyl (C=O) groups is 4. The number of hydrogen-bond donors (Lipinski definition) is 1. The van der Waals surface area contributed by atoms with Crippen molar-refractivity contribution in [3.8, 4) is 11.5 Å². The van der Waals surface area contributed by atoms with E-state index in [0.717, 1.165) is 10.5 Å². The maximum Gasteiger partial charge on any atom is 0.254 e. The molecule has 2 aromatic rings. The molecule has 2 saturated heterocycles. The van der Waals surface area contributed by atoms with Gasteiger partial charge in [-0.15, -0.1) is 23.2 Å². The number of phenols is 1. The third-order valence-corrected chi connectivity index (χ3v) is 10.8. The first-order chi connectivity index (χ1) is 19.1. The van der Waals surface area contributed by atoms with Crippen molar-refractivity contribution in [3.05, 3.63) is 71.3 Å². The van der Waals surface area contributed by atoms with Crippen LogP contribution in [0.2, 0.25) is 0 Å². The molecule has 2 aromatic carbocycles. The number of rotatable bonds is 5. The van der Waals surface area contributed by atoms with E-state index in [9.17, 15) is 24.3 Å². The molecule has 0 bridgehead atoms. The summed E-state index contributed by atoms with van der Waals surface area (Å²) in [4.78, 5) is 53.3. The Bertz CT molecular complexity index is 1480. The van der Waals surface area contributed by atoms with Crippen LogP contribution in [0.3, 0.4) is 0 Å². The van der Waals surface area contributed by atoms with E-state index in [4.69, 9.17) is 27.9 Å². The predicted octanol–water partition coefficient (Wildman–Crippen LogP) is 4.31. The summed E-state index contributed by atoms with van der Waals surface area (Å²) in [5.41, 5.74) is 1.56. The van der Waals surface area contributed by atoms with Gasteiger partial charge in [0.1, 0.15) is 11.5 Å². The van der Waals surface area contributed by atoms with Crippen LogP contribution in [0.4, 0.5) is 0 Å². The Hall–Kier alpha value is -2.88. The summed E-state index contributed by atoms with van der Waals surface area (Å²) in [6, 6.07) is 13.8. The minimum absolute atomic E-state index is 0.113. The summed E-state index contributed by atoms with van der Waals surface area (Å²) in [5.74, 6) is -4.91. The van der Waals surface area contributed by atoms with Gasteiger partial charge in [0, 0.05) is 11.5 Å². The predicted molar refractivity (Wildman–Crippen MR) is 150 cm³/mol. The first kappa shape index (κ1) is 27.3. The van der Waals surface area contributed by atoms with Crippen LogP contribution in [0.1, 0.15) is 29.9 Å². The minimum atomic E-state index is -1.99. The van der Waals surface area contributed by atoms with Crippen molar-refractivity contribution in [2.75, 3.05) is 12.6 Å². The highest BCUT2D eigenvalue weighted by atomic mass is 79.9. The largest absolute Gasteiger partial charge is 0.508 e. The molecule has 40 heavy (non-hydrogen) atoms. The molecular formula is C29H25BrCl2N2O6. The van der Waals surface area contributed by atoms with Gasteiger partial charge in [-0.3, -0.25) is 29.0 Å². The maximum absolute atomic E-state index is 13.9. The van der Waals surface area contributed by atoms with Crippen LogP contribution in [0.15, 0.2) is 60.2 Å². The molecule has 0 spiro atoms. The molecule has 2 aliphatic carbocycles. The summed E-state index contributed by atoms with van der Waals surface area (Å²) in [5, 5.41) is 11.0. The van der Waals surface area contributed by atoms with E-state index in [1.165, 1.54) is 18.1 Å². The van der Waals surface area contributed by atoms with Gasteiger partial charge in [-0.25, -0.2) is 0 Å². The van der Waals surface area contributed by atoms with E-state index in [0.29, 0.717) is 11.3 Å². The summed E-state index contributed by atoms with van der Waals surface area (Å²) >= 11 is 17.6. The molecule has 4 amide bonds. The molecule has 1 N–H and O–H groups in total. The first-order valence-electron chi connectivity index (χ1n) is 12.8. The lowest BCUT2D eigenvalue weighted by atomic mass is 9.56. The number of benzene rings is 2. The number of carbonyl (C=O) groups excluding carboxylic acids is 4.